The zero-order valence-corrected chi connectivity index (χ0v) is 20.4. The lowest BCUT2D eigenvalue weighted by atomic mass is 9.78. The molecule has 3 nitrogen and oxygen atoms in total. The average molecular weight is 436 g/mol. The first-order valence-electron chi connectivity index (χ1n) is 11.0. The van der Waals surface area contributed by atoms with Gasteiger partial charge < -0.3 is 4.42 Å². The third-order valence-corrected chi connectivity index (χ3v) is 5.17. The number of ketones is 1. The van der Waals surface area contributed by atoms with Crippen LogP contribution in [0.25, 0.3) is 0 Å². The van der Waals surface area contributed by atoms with Crippen LogP contribution in [0.4, 0.5) is 4.39 Å². The van der Waals surface area contributed by atoms with E-state index in [1.54, 1.807) is 19.1 Å². The average Bonchev–Trinajstić information content (AvgIpc) is 3.05. The standard InChI is InChI=1S/C20H24FN.C8H10O2/c1-5-8-18(20(3,4)11-6-2)10-7-9-16-12-17(15-22)14-19(21)13-16;1-5-4-8(6(2)9)7(3)10-5/h10,12-14H,5-6,8,11H2,1-4H3;4H,1-3H3/b18-10+;. The molecule has 1 aromatic heterocycles. The van der Waals surface area contributed by atoms with Gasteiger partial charge in [-0.15, -0.1) is 0 Å². The van der Waals surface area contributed by atoms with E-state index >= 15 is 0 Å². The highest BCUT2D eigenvalue weighted by atomic mass is 19.1. The number of carbonyl (C=O) groups is 1. The summed E-state index contributed by atoms with van der Waals surface area (Å²) < 4.78 is 18.5. The van der Waals surface area contributed by atoms with Crippen LogP contribution in [0, 0.1) is 48.3 Å². The second-order valence-electron chi connectivity index (χ2n) is 8.55. The molecule has 170 valence electrons. The second-order valence-corrected chi connectivity index (χ2v) is 8.55. The van der Waals surface area contributed by atoms with E-state index in [0.717, 1.165) is 31.4 Å². The number of benzene rings is 1. The van der Waals surface area contributed by atoms with Crippen LogP contribution in [0.5, 0.6) is 0 Å². The van der Waals surface area contributed by atoms with Gasteiger partial charge in [0.1, 0.15) is 17.3 Å². The summed E-state index contributed by atoms with van der Waals surface area (Å²) in [5.41, 5.74) is 3.00. The summed E-state index contributed by atoms with van der Waals surface area (Å²) in [6.45, 7) is 14.0. The van der Waals surface area contributed by atoms with Gasteiger partial charge in [-0.05, 0) is 69.4 Å². The molecular formula is C28H34FNO2. The van der Waals surface area contributed by atoms with Gasteiger partial charge in [-0.1, -0.05) is 58.0 Å². The zero-order valence-electron chi connectivity index (χ0n) is 20.4. The number of hydrogen-bond acceptors (Lipinski definition) is 3. The molecule has 32 heavy (non-hydrogen) atoms. The molecule has 0 saturated carbocycles. The number of rotatable bonds is 6. The van der Waals surface area contributed by atoms with Crippen molar-refractivity contribution in [1.29, 1.82) is 5.26 Å². The van der Waals surface area contributed by atoms with Gasteiger partial charge in [0, 0.05) is 5.56 Å². The third kappa shape index (κ3) is 8.56. The topological polar surface area (TPSA) is 54.0 Å². The Morgan fingerprint density at radius 2 is 1.78 bits per heavy atom. The predicted octanol–water partition coefficient (Wildman–Crippen LogP) is 7.70. The van der Waals surface area contributed by atoms with Crippen LogP contribution in [-0.4, -0.2) is 5.78 Å². The minimum Gasteiger partial charge on any atom is -0.466 e. The van der Waals surface area contributed by atoms with Crippen molar-refractivity contribution in [2.45, 2.75) is 74.1 Å². The fourth-order valence-electron chi connectivity index (χ4n) is 3.57. The van der Waals surface area contributed by atoms with E-state index in [9.17, 15) is 9.18 Å². The van der Waals surface area contributed by atoms with Crippen molar-refractivity contribution in [3.8, 4) is 17.9 Å². The number of halogens is 1. The summed E-state index contributed by atoms with van der Waals surface area (Å²) in [6, 6.07) is 7.89. The summed E-state index contributed by atoms with van der Waals surface area (Å²) in [4.78, 5) is 10.8. The van der Waals surface area contributed by atoms with E-state index in [0.29, 0.717) is 22.5 Å². The molecule has 0 aliphatic heterocycles. The van der Waals surface area contributed by atoms with Gasteiger partial charge in [-0.2, -0.15) is 5.26 Å². The number of aryl methyl sites for hydroxylation is 2. The molecule has 4 heteroatoms. The summed E-state index contributed by atoms with van der Waals surface area (Å²) in [6.07, 6.45) is 6.33. The lowest BCUT2D eigenvalue weighted by molar-refractivity contribution is 0.101. The second kappa shape index (κ2) is 12.7. The molecule has 0 radical (unpaired) electrons. The van der Waals surface area contributed by atoms with Gasteiger partial charge in [-0.3, -0.25) is 4.79 Å². The molecule has 0 unspecified atom stereocenters. The molecule has 0 saturated heterocycles. The first kappa shape index (κ1) is 26.9. The van der Waals surface area contributed by atoms with Crippen LogP contribution >= 0.6 is 0 Å². The largest absolute Gasteiger partial charge is 0.466 e. The van der Waals surface area contributed by atoms with E-state index in [2.05, 4.69) is 39.5 Å². The molecule has 0 spiro atoms. The molecule has 0 aliphatic rings. The Bertz CT molecular complexity index is 1060. The fourth-order valence-corrected chi connectivity index (χ4v) is 3.57. The van der Waals surface area contributed by atoms with Crippen LogP contribution in [0.15, 0.2) is 40.3 Å². The minimum atomic E-state index is -0.424. The Kier molecular flexibility index (Phi) is 10.7. The molecule has 0 bridgehead atoms. The Morgan fingerprint density at radius 1 is 1.12 bits per heavy atom. The molecule has 2 rings (SSSR count). The molecule has 0 aliphatic carbocycles. The van der Waals surface area contributed by atoms with Crippen LogP contribution in [0.1, 0.15) is 93.3 Å². The van der Waals surface area contributed by atoms with Gasteiger partial charge in [0.25, 0.3) is 0 Å². The molecular weight excluding hydrogens is 401 g/mol. The number of nitriles is 1. The Balaban J connectivity index is 0.000000425. The quantitative estimate of drug-likeness (QED) is 0.345. The maximum atomic E-state index is 13.4. The number of nitrogens with zero attached hydrogens (tertiary/aromatic N) is 1. The Hall–Kier alpha value is -3.11. The van der Waals surface area contributed by atoms with Gasteiger partial charge in [0.2, 0.25) is 0 Å². The summed E-state index contributed by atoms with van der Waals surface area (Å²) >= 11 is 0. The summed E-state index contributed by atoms with van der Waals surface area (Å²) in [5.74, 6) is 7.13. The predicted molar refractivity (Wildman–Crippen MR) is 128 cm³/mol. The number of furan rings is 1. The number of hydrogen-bond donors (Lipinski definition) is 0. The van der Waals surface area contributed by atoms with Crippen molar-refractivity contribution < 1.29 is 13.6 Å². The number of Topliss-reactive ketones (excluding diaryl/α,β-unsaturated/α-hetero) is 1. The van der Waals surface area contributed by atoms with Gasteiger partial charge in [-0.25, -0.2) is 4.39 Å². The monoisotopic (exact) mass is 435 g/mol. The van der Waals surface area contributed by atoms with E-state index in [-0.39, 0.29) is 11.2 Å². The first-order chi connectivity index (χ1) is 15.0. The zero-order chi connectivity index (χ0) is 24.3. The molecule has 0 N–H and O–H groups in total. The normalized spacial score (nSPS) is 11.0. The van der Waals surface area contributed by atoms with Gasteiger partial charge in [0.15, 0.2) is 5.78 Å². The smallest absolute Gasteiger partial charge is 0.163 e. The van der Waals surface area contributed by atoms with E-state index in [1.807, 2.05) is 19.1 Å². The van der Waals surface area contributed by atoms with E-state index in [1.165, 1.54) is 24.6 Å². The SMILES string of the molecule is CC(=O)c1cc(C)oc1C.CCC/C(=C\C#Cc1cc(F)cc(C#N)c1)C(C)(C)CCC. The van der Waals surface area contributed by atoms with Gasteiger partial charge in [0.05, 0.1) is 17.2 Å². The molecule has 1 aromatic carbocycles. The van der Waals surface area contributed by atoms with Crippen molar-refractivity contribution in [3.63, 3.8) is 0 Å². The maximum Gasteiger partial charge on any atom is 0.163 e. The highest BCUT2D eigenvalue weighted by Crippen LogP contribution is 2.34. The fraction of sp³-hybridized carbons (Fsp3) is 0.429. The van der Waals surface area contributed by atoms with Crippen LogP contribution in [0.3, 0.4) is 0 Å². The van der Waals surface area contributed by atoms with Crippen molar-refractivity contribution in [1.82, 2.24) is 0 Å². The Morgan fingerprint density at radius 3 is 2.25 bits per heavy atom. The highest BCUT2D eigenvalue weighted by Gasteiger charge is 2.20. The summed E-state index contributed by atoms with van der Waals surface area (Å²) in [5, 5.41) is 8.86. The lowest BCUT2D eigenvalue weighted by Crippen LogP contribution is -2.14. The van der Waals surface area contributed by atoms with Crippen molar-refractivity contribution in [3.05, 3.63) is 69.9 Å². The van der Waals surface area contributed by atoms with Crippen LogP contribution in [-0.2, 0) is 0 Å². The summed E-state index contributed by atoms with van der Waals surface area (Å²) in [7, 11) is 0. The van der Waals surface area contributed by atoms with Crippen molar-refractivity contribution in [2.24, 2.45) is 5.41 Å². The highest BCUT2D eigenvalue weighted by molar-refractivity contribution is 5.95. The number of carbonyl (C=O) groups excluding carboxylic acids is 1. The Labute approximate surface area is 192 Å². The molecule has 0 amide bonds. The van der Waals surface area contributed by atoms with Crippen LogP contribution < -0.4 is 0 Å². The van der Waals surface area contributed by atoms with E-state index < -0.39 is 5.82 Å². The molecule has 1 heterocycles. The lowest BCUT2D eigenvalue weighted by Gasteiger charge is -2.27. The first-order valence-corrected chi connectivity index (χ1v) is 11.0. The van der Waals surface area contributed by atoms with Crippen LogP contribution in [0.2, 0.25) is 0 Å². The maximum absolute atomic E-state index is 13.4. The third-order valence-electron chi connectivity index (χ3n) is 5.17. The number of allylic oxidation sites excluding steroid dienone is 2. The molecule has 0 atom stereocenters. The van der Waals surface area contributed by atoms with Crippen molar-refractivity contribution in [2.75, 3.05) is 0 Å². The minimum absolute atomic E-state index is 0.0642. The van der Waals surface area contributed by atoms with Crippen molar-refractivity contribution >= 4 is 5.78 Å². The van der Waals surface area contributed by atoms with Gasteiger partial charge >= 0.3 is 0 Å². The molecule has 0 fully saturated rings. The molecule has 2 aromatic rings. The van der Waals surface area contributed by atoms with E-state index in [4.69, 9.17) is 9.68 Å².